The SMILES string of the molecule is CN(C)c1ccc(C#Cc2cnc3c(ccc4cc(C#Cc5ccc(N(C)C)cc5)cnc43)c2)cc1. The molecule has 0 unspecified atom stereocenters. The molecule has 36 heavy (non-hydrogen) atoms. The highest BCUT2D eigenvalue weighted by molar-refractivity contribution is 6.03. The number of nitrogens with zero attached hydrogens (tertiary/aromatic N) is 4. The summed E-state index contributed by atoms with van der Waals surface area (Å²) < 4.78 is 0. The first-order chi connectivity index (χ1) is 17.5. The second-order valence-corrected chi connectivity index (χ2v) is 9.04. The van der Waals surface area contributed by atoms with Gasteiger partial charge in [0.25, 0.3) is 0 Å². The van der Waals surface area contributed by atoms with Crippen LogP contribution in [0, 0.1) is 23.7 Å². The number of benzene rings is 3. The molecule has 0 spiro atoms. The van der Waals surface area contributed by atoms with Gasteiger partial charge in [-0.15, -0.1) is 0 Å². The summed E-state index contributed by atoms with van der Waals surface area (Å²) >= 11 is 0. The minimum absolute atomic E-state index is 0.868. The molecule has 0 bridgehead atoms. The van der Waals surface area contributed by atoms with E-state index in [1.165, 1.54) is 0 Å². The third-order valence-electron chi connectivity index (χ3n) is 5.97. The van der Waals surface area contributed by atoms with Gasteiger partial charge in [0.15, 0.2) is 0 Å². The van der Waals surface area contributed by atoms with Crippen LogP contribution >= 0.6 is 0 Å². The van der Waals surface area contributed by atoms with E-state index in [-0.39, 0.29) is 0 Å². The Bertz CT molecular complexity index is 1550. The molecule has 4 nitrogen and oxygen atoms in total. The Morgan fingerprint density at radius 2 is 0.833 bits per heavy atom. The van der Waals surface area contributed by atoms with E-state index in [4.69, 9.17) is 9.97 Å². The summed E-state index contributed by atoms with van der Waals surface area (Å²) in [7, 11) is 8.11. The summed E-state index contributed by atoms with van der Waals surface area (Å²) in [5, 5.41) is 2.04. The standard InChI is InChI=1S/C32H26N4/c1-35(2)29-15-9-23(10-16-29)5-7-25-19-27-13-14-28-20-26(22-34-32(28)31(27)33-21-25)8-6-24-11-17-30(18-12-24)36(3)4/h9-22H,1-4H3. The lowest BCUT2D eigenvalue weighted by Gasteiger charge is -2.11. The Labute approximate surface area is 212 Å². The van der Waals surface area contributed by atoms with Gasteiger partial charge < -0.3 is 9.80 Å². The van der Waals surface area contributed by atoms with Gasteiger partial charge in [-0.1, -0.05) is 35.8 Å². The van der Waals surface area contributed by atoms with Gasteiger partial charge >= 0.3 is 0 Å². The van der Waals surface area contributed by atoms with Gasteiger partial charge in [0, 0.05) is 85.0 Å². The van der Waals surface area contributed by atoms with E-state index in [1.807, 2.05) is 64.8 Å². The average Bonchev–Trinajstić information content (AvgIpc) is 2.90. The lowest BCUT2D eigenvalue weighted by molar-refractivity contribution is 1.13. The lowest BCUT2D eigenvalue weighted by Crippen LogP contribution is -2.07. The quantitative estimate of drug-likeness (QED) is 0.246. The van der Waals surface area contributed by atoms with E-state index in [0.29, 0.717) is 0 Å². The molecule has 4 heteroatoms. The van der Waals surface area contributed by atoms with Crippen molar-refractivity contribution >= 4 is 33.2 Å². The molecule has 0 aliphatic rings. The number of hydrogen-bond donors (Lipinski definition) is 0. The molecule has 0 fully saturated rings. The fourth-order valence-corrected chi connectivity index (χ4v) is 3.90. The third kappa shape index (κ3) is 4.99. The maximum atomic E-state index is 4.69. The van der Waals surface area contributed by atoms with Crippen LogP contribution in [0.5, 0.6) is 0 Å². The number of fused-ring (bicyclic) bond motifs is 3. The Hall–Kier alpha value is -4.80. The van der Waals surface area contributed by atoms with Crippen molar-refractivity contribution < 1.29 is 0 Å². The third-order valence-corrected chi connectivity index (χ3v) is 5.97. The highest BCUT2D eigenvalue weighted by Crippen LogP contribution is 2.23. The Morgan fingerprint density at radius 3 is 1.19 bits per heavy atom. The maximum absolute atomic E-state index is 4.69. The molecule has 3 aromatic carbocycles. The molecular weight excluding hydrogens is 440 g/mol. The smallest absolute Gasteiger partial charge is 0.0965 e. The molecule has 0 N–H and O–H groups in total. The van der Waals surface area contributed by atoms with E-state index in [9.17, 15) is 0 Å². The summed E-state index contributed by atoms with van der Waals surface area (Å²) in [5.41, 5.74) is 7.74. The molecule has 5 aromatic rings. The highest BCUT2D eigenvalue weighted by Gasteiger charge is 2.05. The number of pyridine rings is 2. The number of rotatable bonds is 2. The molecule has 174 valence electrons. The summed E-state index contributed by atoms with van der Waals surface area (Å²) in [6.07, 6.45) is 3.63. The van der Waals surface area contributed by atoms with Crippen LogP contribution in [-0.2, 0) is 0 Å². The summed E-state index contributed by atoms with van der Waals surface area (Å²) in [6.45, 7) is 0. The molecule has 0 aliphatic heterocycles. The first kappa shape index (κ1) is 23.0. The topological polar surface area (TPSA) is 32.3 Å². The van der Waals surface area contributed by atoms with E-state index in [1.54, 1.807) is 0 Å². The van der Waals surface area contributed by atoms with Gasteiger partial charge in [0.05, 0.1) is 11.0 Å². The van der Waals surface area contributed by atoms with Crippen LogP contribution in [0.1, 0.15) is 22.3 Å². The van der Waals surface area contributed by atoms with Crippen molar-refractivity contribution in [2.45, 2.75) is 0 Å². The number of anilines is 2. The van der Waals surface area contributed by atoms with Crippen LogP contribution in [0.2, 0.25) is 0 Å². The molecule has 0 aliphatic carbocycles. The average molecular weight is 467 g/mol. The van der Waals surface area contributed by atoms with Crippen molar-refractivity contribution in [2.75, 3.05) is 38.0 Å². The van der Waals surface area contributed by atoms with Crippen molar-refractivity contribution in [3.63, 3.8) is 0 Å². The Morgan fingerprint density at radius 1 is 0.472 bits per heavy atom. The van der Waals surface area contributed by atoms with Gasteiger partial charge in [-0.2, -0.15) is 0 Å². The fraction of sp³-hybridized carbons (Fsp3) is 0.125. The van der Waals surface area contributed by atoms with Gasteiger partial charge in [-0.25, -0.2) is 0 Å². The predicted octanol–water partition coefficient (Wildman–Crippen LogP) is 5.71. The van der Waals surface area contributed by atoms with Crippen molar-refractivity contribution in [1.29, 1.82) is 0 Å². The van der Waals surface area contributed by atoms with Crippen LogP contribution in [0.15, 0.2) is 85.2 Å². The first-order valence-corrected chi connectivity index (χ1v) is 11.7. The zero-order valence-corrected chi connectivity index (χ0v) is 20.9. The van der Waals surface area contributed by atoms with Crippen LogP contribution in [0.25, 0.3) is 21.8 Å². The van der Waals surface area contributed by atoms with Gasteiger partial charge in [0.1, 0.15) is 0 Å². The minimum Gasteiger partial charge on any atom is -0.378 e. The maximum Gasteiger partial charge on any atom is 0.0965 e. The van der Waals surface area contributed by atoms with Crippen molar-refractivity contribution in [1.82, 2.24) is 9.97 Å². The summed E-state index contributed by atoms with van der Waals surface area (Å²) in [4.78, 5) is 13.5. The normalized spacial score (nSPS) is 10.3. The van der Waals surface area contributed by atoms with E-state index in [0.717, 1.165) is 55.4 Å². The van der Waals surface area contributed by atoms with Crippen molar-refractivity contribution in [3.8, 4) is 23.7 Å². The molecule has 0 amide bonds. The second-order valence-electron chi connectivity index (χ2n) is 9.04. The zero-order valence-electron chi connectivity index (χ0n) is 20.9. The molecule has 0 saturated carbocycles. The van der Waals surface area contributed by atoms with Crippen molar-refractivity contribution in [3.05, 3.63) is 107 Å². The molecule has 0 radical (unpaired) electrons. The van der Waals surface area contributed by atoms with E-state index >= 15 is 0 Å². The number of hydrogen-bond acceptors (Lipinski definition) is 4. The molecule has 2 heterocycles. The van der Waals surface area contributed by atoms with Crippen LogP contribution in [0.4, 0.5) is 11.4 Å². The molecule has 5 rings (SSSR count). The number of aromatic nitrogens is 2. The zero-order chi connectivity index (χ0) is 25.1. The first-order valence-electron chi connectivity index (χ1n) is 11.7. The molecular formula is C32H26N4. The van der Waals surface area contributed by atoms with E-state index < -0.39 is 0 Å². The van der Waals surface area contributed by atoms with Gasteiger partial charge in [-0.05, 0) is 60.7 Å². The molecule has 0 saturated heterocycles. The minimum atomic E-state index is 0.868. The molecule has 2 aromatic heterocycles. The summed E-state index contributed by atoms with van der Waals surface area (Å²) in [6, 6.07) is 24.7. The molecule has 0 atom stereocenters. The Kier molecular flexibility index (Phi) is 6.27. The second kappa shape index (κ2) is 9.82. The summed E-state index contributed by atoms with van der Waals surface area (Å²) in [5.74, 6) is 12.9. The van der Waals surface area contributed by atoms with Crippen molar-refractivity contribution in [2.24, 2.45) is 0 Å². The lowest BCUT2D eigenvalue weighted by atomic mass is 10.1. The fourth-order valence-electron chi connectivity index (χ4n) is 3.90. The van der Waals surface area contributed by atoms with E-state index in [2.05, 4.69) is 82.0 Å². The Balaban J connectivity index is 1.40. The van der Waals surface area contributed by atoms with Crippen LogP contribution in [0.3, 0.4) is 0 Å². The van der Waals surface area contributed by atoms with Crippen LogP contribution < -0.4 is 9.80 Å². The highest BCUT2D eigenvalue weighted by atomic mass is 15.1. The van der Waals surface area contributed by atoms with Crippen LogP contribution in [-0.4, -0.2) is 38.2 Å². The van der Waals surface area contributed by atoms with Gasteiger partial charge in [0.2, 0.25) is 0 Å². The monoisotopic (exact) mass is 466 g/mol. The predicted molar refractivity (Wildman–Crippen MR) is 151 cm³/mol. The largest absolute Gasteiger partial charge is 0.378 e. The van der Waals surface area contributed by atoms with Gasteiger partial charge in [-0.3, -0.25) is 9.97 Å².